The van der Waals surface area contributed by atoms with Crippen LogP contribution >= 0.6 is 0 Å². The smallest absolute Gasteiger partial charge is 0.223 e. The molecule has 1 rings (SSSR count). The molecule has 1 amide bonds. The van der Waals surface area contributed by atoms with Crippen LogP contribution in [0.2, 0.25) is 0 Å². The Bertz CT molecular complexity index is 172. The molecule has 0 spiro atoms. The Balaban J connectivity index is 2.24. The number of carbonyl (C=O) groups excluding carboxylic acids is 1. The molecule has 76 valence electrons. The van der Waals surface area contributed by atoms with Gasteiger partial charge < -0.3 is 10.4 Å². The van der Waals surface area contributed by atoms with E-state index in [0.29, 0.717) is 0 Å². The zero-order chi connectivity index (χ0) is 9.84. The van der Waals surface area contributed by atoms with E-state index in [1.165, 1.54) is 0 Å². The van der Waals surface area contributed by atoms with Crippen molar-refractivity contribution in [1.82, 2.24) is 5.32 Å². The first-order valence-electron chi connectivity index (χ1n) is 5.15. The van der Waals surface area contributed by atoms with Crippen LogP contribution in [-0.4, -0.2) is 23.2 Å². The zero-order valence-corrected chi connectivity index (χ0v) is 8.42. The van der Waals surface area contributed by atoms with E-state index >= 15 is 0 Å². The quantitative estimate of drug-likeness (QED) is 0.688. The summed E-state index contributed by atoms with van der Waals surface area (Å²) in [6.45, 7) is 4.06. The number of nitrogens with one attached hydrogen (secondary N) is 1. The van der Waals surface area contributed by atoms with Crippen molar-refractivity contribution in [2.24, 2.45) is 5.92 Å². The van der Waals surface area contributed by atoms with Gasteiger partial charge in [0.15, 0.2) is 0 Å². The normalized spacial score (nSPS) is 27.1. The minimum atomic E-state index is -0.188. The van der Waals surface area contributed by atoms with Crippen molar-refractivity contribution in [3.63, 3.8) is 0 Å². The first-order valence-corrected chi connectivity index (χ1v) is 5.15. The van der Waals surface area contributed by atoms with Crippen LogP contribution in [0, 0.1) is 5.92 Å². The lowest BCUT2D eigenvalue weighted by Crippen LogP contribution is -2.48. The summed E-state index contributed by atoms with van der Waals surface area (Å²) >= 11 is 0. The highest BCUT2D eigenvalue weighted by Gasteiger charge is 2.29. The van der Waals surface area contributed by atoms with E-state index in [9.17, 15) is 4.79 Å². The van der Waals surface area contributed by atoms with Crippen LogP contribution in [0.1, 0.15) is 39.5 Å². The van der Waals surface area contributed by atoms with Crippen molar-refractivity contribution < 1.29 is 9.90 Å². The summed E-state index contributed by atoms with van der Waals surface area (Å²) in [7, 11) is 0. The molecule has 1 fully saturated rings. The van der Waals surface area contributed by atoms with Gasteiger partial charge in [0.25, 0.3) is 0 Å². The molecule has 0 saturated heterocycles. The maximum absolute atomic E-state index is 11.5. The zero-order valence-electron chi connectivity index (χ0n) is 8.42. The molecule has 0 aromatic carbocycles. The Kier molecular flexibility index (Phi) is 3.72. The van der Waals surface area contributed by atoms with E-state index in [1.54, 1.807) is 0 Å². The fourth-order valence-electron chi connectivity index (χ4n) is 1.68. The van der Waals surface area contributed by atoms with Gasteiger partial charge in [0.1, 0.15) is 0 Å². The first-order chi connectivity index (χ1) is 6.17. The fourth-order valence-corrected chi connectivity index (χ4v) is 1.68. The number of carbonyl (C=O) groups is 1. The molecular formula is C10H19NO2. The van der Waals surface area contributed by atoms with Crippen molar-refractivity contribution in [2.75, 3.05) is 0 Å². The Morgan fingerprint density at radius 1 is 1.46 bits per heavy atom. The Morgan fingerprint density at radius 3 is 2.38 bits per heavy atom. The van der Waals surface area contributed by atoms with Crippen molar-refractivity contribution >= 4 is 5.91 Å². The second kappa shape index (κ2) is 4.61. The summed E-state index contributed by atoms with van der Waals surface area (Å²) in [6, 6.07) is 0.225. The van der Waals surface area contributed by atoms with Gasteiger partial charge in [-0.1, -0.05) is 13.8 Å². The van der Waals surface area contributed by atoms with Gasteiger partial charge in [0.2, 0.25) is 5.91 Å². The third-order valence-electron chi connectivity index (χ3n) is 2.82. The standard InChI is InChI=1S/C10H19NO2/c1-3-7(4-2)10(13)11-8-5-9(12)6-8/h7-9,12H,3-6H2,1-2H3,(H,11,13). The van der Waals surface area contributed by atoms with Gasteiger partial charge >= 0.3 is 0 Å². The summed E-state index contributed by atoms with van der Waals surface area (Å²) in [4.78, 5) is 11.5. The largest absolute Gasteiger partial charge is 0.393 e. The highest BCUT2D eigenvalue weighted by atomic mass is 16.3. The second-order valence-corrected chi connectivity index (χ2v) is 3.84. The molecule has 0 aromatic heterocycles. The molecule has 0 aliphatic heterocycles. The Labute approximate surface area is 79.5 Å². The third kappa shape index (κ3) is 2.69. The van der Waals surface area contributed by atoms with Crippen molar-refractivity contribution in [3.05, 3.63) is 0 Å². The molecular weight excluding hydrogens is 166 g/mol. The van der Waals surface area contributed by atoms with Crippen molar-refractivity contribution in [3.8, 4) is 0 Å². The molecule has 1 saturated carbocycles. The van der Waals surface area contributed by atoms with Crippen LogP contribution in [-0.2, 0) is 4.79 Å². The molecule has 0 bridgehead atoms. The lowest BCUT2D eigenvalue weighted by atomic mass is 9.88. The van der Waals surface area contributed by atoms with Crippen LogP contribution in [0.25, 0.3) is 0 Å². The van der Waals surface area contributed by atoms with Gasteiger partial charge in [0, 0.05) is 12.0 Å². The highest BCUT2D eigenvalue weighted by Crippen LogP contribution is 2.20. The number of amides is 1. The van der Waals surface area contributed by atoms with Gasteiger partial charge in [-0.2, -0.15) is 0 Å². The minimum Gasteiger partial charge on any atom is -0.393 e. The topological polar surface area (TPSA) is 49.3 Å². The summed E-state index contributed by atoms with van der Waals surface area (Å²) in [5, 5.41) is 12.0. The maximum Gasteiger partial charge on any atom is 0.223 e. The van der Waals surface area contributed by atoms with E-state index in [4.69, 9.17) is 5.11 Å². The van der Waals surface area contributed by atoms with Gasteiger partial charge in [-0.3, -0.25) is 4.79 Å². The molecule has 3 nitrogen and oxygen atoms in total. The van der Waals surface area contributed by atoms with Crippen molar-refractivity contribution in [2.45, 2.75) is 51.7 Å². The Morgan fingerprint density at radius 2 is 2.00 bits per heavy atom. The van der Waals surface area contributed by atoms with Gasteiger partial charge in [-0.25, -0.2) is 0 Å². The predicted octanol–water partition coefficient (Wildman–Crippen LogP) is 1.06. The van der Waals surface area contributed by atoms with Crippen LogP contribution in [0.15, 0.2) is 0 Å². The molecule has 2 N–H and O–H groups in total. The minimum absolute atomic E-state index is 0.151. The van der Waals surface area contributed by atoms with E-state index in [0.717, 1.165) is 25.7 Å². The molecule has 0 unspecified atom stereocenters. The average molecular weight is 185 g/mol. The molecule has 1 aliphatic carbocycles. The number of aliphatic hydroxyl groups excluding tert-OH is 1. The van der Waals surface area contributed by atoms with Gasteiger partial charge in [-0.15, -0.1) is 0 Å². The third-order valence-corrected chi connectivity index (χ3v) is 2.82. The molecule has 3 heteroatoms. The molecule has 1 aliphatic rings. The number of hydrogen-bond acceptors (Lipinski definition) is 2. The number of rotatable bonds is 4. The summed E-state index contributed by atoms with van der Waals surface area (Å²) in [5.74, 6) is 0.305. The van der Waals surface area contributed by atoms with Crippen LogP contribution < -0.4 is 5.32 Å². The predicted molar refractivity (Wildman–Crippen MR) is 51.2 cm³/mol. The maximum atomic E-state index is 11.5. The SMILES string of the molecule is CCC(CC)C(=O)NC1CC(O)C1. The van der Waals surface area contributed by atoms with Gasteiger partial charge in [-0.05, 0) is 25.7 Å². The number of hydrogen-bond donors (Lipinski definition) is 2. The van der Waals surface area contributed by atoms with E-state index in [1.807, 2.05) is 13.8 Å². The molecule has 0 radical (unpaired) electrons. The number of aliphatic hydroxyl groups is 1. The molecule has 0 atom stereocenters. The fraction of sp³-hybridized carbons (Fsp3) is 0.900. The lowest BCUT2D eigenvalue weighted by Gasteiger charge is -2.33. The highest BCUT2D eigenvalue weighted by molar-refractivity contribution is 5.78. The summed E-state index contributed by atoms with van der Waals surface area (Å²) in [5.41, 5.74) is 0. The lowest BCUT2D eigenvalue weighted by molar-refractivity contribution is -0.127. The van der Waals surface area contributed by atoms with Crippen LogP contribution in [0.5, 0.6) is 0 Å². The molecule has 13 heavy (non-hydrogen) atoms. The van der Waals surface area contributed by atoms with E-state index in [2.05, 4.69) is 5.32 Å². The molecule has 0 aromatic rings. The average Bonchev–Trinajstić information content (AvgIpc) is 2.04. The van der Waals surface area contributed by atoms with Gasteiger partial charge in [0.05, 0.1) is 6.10 Å². The molecule has 0 heterocycles. The second-order valence-electron chi connectivity index (χ2n) is 3.84. The monoisotopic (exact) mass is 185 g/mol. The van der Waals surface area contributed by atoms with Crippen LogP contribution in [0.4, 0.5) is 0 Å². The Hall–Kier alpha value is -0.570. The van der Waals surface area contributed by atoms with Crippen molar-refractivity contribution in [1.29, 1.82) is 0 Å². The summed E-state index contributed by atoms with van der Waals surface area (Å²) in [6.07, 6.45) is 3.07. The van der Waals surface area contributed by atoms with Crippen LogP contribution in [0.3, 0.4) is 0 Å². The summed E-state index contributed by atoms with van der Waals surface area (Å²) < 4.78 is 0. The first kappa shape index (κ1) is 10.5. The van der Waals surface area contributed by atoms with E-state index in [-0.39, 0.29) is 24.0 Å². The van der Waals surface area contributed by atoms with E-state index < -0.39 is 0 Å².